The van der Waals surface area contributed by atoms with Crippen LogP contribution < -0.4 is 11.5 Å². The molecule has 0 fully saturated rings. The molecule has 2 aromatic rings. The van der Waals surface area contributed by atoms with Gasteiger partial charge >= 0.3 is 11.9 Å². The lowest BCUT2D eigenvalue weighted by Crippen LogP contribution is -2.34. The fourth-order valence-corrected chi connectivity index (χ4v) is 3.73. The van der Waals surface area contributed by atoms with Crippen LogP contribution in [0.15, 0.2) is 60.7 Å². The molecule has 186 valence electrons. The minimum absolute atomic E-state index is 0.328. The zero-order chi connectivity index (χ0) is 24.4. The highest BCUT2D eigenvalue weighted by molar-refractivity contribution is 5.76. The maximum Gasteiger partial charge on any atom is 0.323 e. The summed E-state index contributed by atoms with van der Waals surface area (Å²) >= 11 is 0. The number of carbonyl (C=O) groups is 2. The van der Waals surface area contributed by atoms with Gasteiger partial charge in [0.15, 0.2) is 0 Å². The Hall–Kier alpha value is -2.70. The molecule has 0 saturated heterocycles. The van der Waals surface area contributed by atoms with Gasteiger partial charge in [-0.3, -0.25) is 9.59 Å². The van der Waals surface area contributed by atoms with Gasteiger partial charge in [0.05, 0.1) is 13.2 Å². The van der Waals surface area contributed by atoms with Gasteiger partial charge in [-0.15, -0.1) is 0 Å². The summed E-state index contributed by atoms with van der Waals surface area (Å²) in [7, 11) is 0. The largest absolute Gasteiger partial charge is 0.465 e. The van der Waals surface area contributed by atoms with Gasteiger partial charge in [-0.2, -0.15) is 0 Å². The monoisotopic (exact) mass is 468 g/mol. The number of unbranched alkanes of at least 4 members (excludes halogenated alkanes) is 7. The van der Waals surface area contributed by atoms with Crippen molar-refractivity contribution in [2.45, 2.75) is 76.3 Å². The van der Waals surface area contributed by atoms with Crippen LogP contribution in [-0.4, -0.2) is 37.2 Å². The standard InChI is InChI=1S/C28H40N2O4/c29-25(21-23-15-9-7-10-16-23)27(31)33-19-13-5-3-1-2-4-6-14-20-34-28(32)26(30)22-24-17-11-8-12-18-24/h7-12,15-18,25-26H,1-6,13-14,19-22,29-30H2/t25-,26-/m0/s1. The van der Waals surface area contributed by atoms with E-state index in [2.05, 4.69) is 0 Å². The number of carbonyl (C=O) groups excluding carboxylic acids is 2. The minimum atomic E-state index is -0.610. The van der Waals surface area contributed by atoms with Gasteiger partial charge in [0, 0.05) is 0 Å². The van der Waals surface area contributed by atoms with Crippen LogP contribution in [0, 0.1) is 0 Å². The first-order valence-electron chi connectivity index (χ1n) is 12.5. The summed E-state index contributed by atoms with van der Waals surface area (Å²) < 4.78 is 10.6. The van der Waals surface area contributed by atoms with Gasteiger partial charge < -0.3 is 20.9 Å². The van der Waals surface area contributed by atoms with Crippen molar-refractivity contribution in [3.8, 4) is 0 Å². The maximum absolute atomic E-state index is 12.0. The molecule has 0 aliphatic carbocycles. The Kier molecular flexibility index (Phi) is 13.6. The molecule has 0 aliphatic heterocycles. The molecule has 0 heterocycles. The highest BCUT2D eigenvalue weighted by Crippen LogP contribution is 2.10. The number of esters is 2. The lowest BCUT2D eigenvalue weighted by atomic mass is 10.1. The molecule has 0 aromatic heterocycles. The van der Waals surface area contributed by atoms with Crippen molar-refractivity contribution in [2.75, 3.05) is 13.2 Å². The van der Waals surface area contributed by atoms with Gasteiger partial charge in [0.25, 0.3) is 0 Å². The first-order valence-corrected chi connectivity index (χ1v) is 12.5. The summed E-state index contributed by atoms with van der Waals surface area (Å²) in [6, 6.07) is 18.2. The second-order valence-corrected chi connectivity index (χ2v) is 8.76. The molecule has 0 amide bonds. The lowest BCUT2D eigenvalue weighted by molar-refractivity contribution is -0.146. The summed E-state index contributed by atoms with van der Waals surface area (Å²) in [5.41, 5.74) is 13.9. The van der Waals surface area contributed by atoms with Gasteiger partial charge in [0.1, 0.15) is 12.1 Å². The molecule has 34 heavy (non-hydrogen) atoms. The Morgan fingerprint density at radius 2 is 0.882 bits per heavy atom. The van der Waals surface area contributed by atoms with E-state index in [1.807, 2.05) is 60.7 Å². The molecule has 0 aliphatic rings. The molecule has 0 saturated carbocycles. The minimum Gasteiger partial charge on any atom is -0.465 e. The van der Waals surface area contributed by atoms with Crippen LogP contribution >= 0.6 is 0 Å². The molecule has 2 aromatic carbocycles. The van der Waals surface area contributed by atoms with E-state index in [4.69, 9.17) is 20.9 Å². The third kappa shape index (κ3) is 12.0. The Bertz CT molecular complexity index is 744. The second kappa shape index (κ2) is 16.8. The van der Waals surface area contributed by atoms with Crippen LogP contribution in [0.5, 0.6) is 0 Å². The normalized spacial score (nSPS) is 12.6. The van der Waals surface area contributed by atoms with Crippen LogP contribution in [0.3, 0.4) is 0 Å². The molecule has 0 bridgehead atoms. The molecule has 2 rings (SSSR count). The van der Waals surface area contributed by atoms with Crippen molar-refractivity contribution < 1.29 is 19.1 Å². The molecular formula is C28H40N2O4. The Labute approximate surface area is 204 Å². The fraction of sp³-hybridized carbons (Fsp3) is 0.500. The van der Waals surface area contributed by atoms with Crippen molar-refractivity contribution >= 4 is 11.9 Å². The maximum atomic E-state index is 12.0. The summed E-state index contributed by atoms with van der Waals surface area (Å²) in [5.74, 6) is -0.656. The lowest BCUT2D eigenvalue weighted by Gasteiger charge is -2.12. The van der Waals surface area contributed by atoms with Crippen LogP contribution in [0.1, 0.15) is 62.5 Å². The van der Waals surface area contributed by atoms with E-state index in [9.17, 15) is 9.59 Å². The fourth-order valence-electron chi connectivity index (χ4n) is 3.73. The van der Waals surface area contributed by atoms with E-state index < -0.39 is 12.1 Å². The summed E-state index contributed by atoms with van der Waals surface area (Å²) in [6.07, 6.45) is 9.36. The SMILES string of the molecule is N[C@@H](Cc1ccccc1)C(=O)OCCCCCCCCCCOC(=O)[C@@H](N)Cc1ccccc1. The Morgan fingerprint density at radius 1 is 0.559 bits per heavy atom. The van der Waals surface area contributed by atoms with Crippen molar-refractivity contribution in [3.63, 3.8) is 0 Å². The highest BCUT2D eigenvalue weighted by atomic mass is 16.5. The van der Waals surface area contributed by atoms with Gasteiger partial charge in [-0.1, -0.05) is 99.2 Å². The third-order valence-corrected chi connectivity index (χ3v) is 5.73. The van der Waals surface area contributed by atoms with Gasteiger partial charge in [-0.05, 0) is 36.8 Å². The zero-order valence-corrected chi connectivity index (χ0v) is 20.2. The molecule has 4 N–H and O–H groups in total. The van der Waals surface area contributed by atoms with E-state index in [1.165, 1.54) is 0 Å². The van der Waals surface area contributed by atoms with Crippen LogP contribution in [-0.2, 0) is 31.9 Å². The number of hydrogen-bond donors (Lipinski definition) is 2. The van der Waals surface area contributed by atoms with Crippen molar-refractivity contribution in [1.29, 1.82) is 0 Å². The molecule has 6 heteroatoms. The molecular weight excluding hydrogens is 428 g/mol. The quantitative estimate of drug-likeness (QED) is 0.264. The van der Waals surface area contributed by atoms with Crippen molar-refractivity contribution in [1.82, 2.24) is 0 Å². The van der Waals surface area contributed by atoms with Crippen molar-refractivity contribution in [3.05, 3.63) is 71.8 Å². The highest BCUT2D eigenvalue weighted by Gasteiger charge is 2.16. The second-order valence-electron chi connectivity index (χ2n) is 8.76. The summed E-state index contributed by atoms with van der Waals surface area (Å²) in [4.78, 5) is 24.0. The predicted octanol–water partition coefficient (Wildman–Crippen LogP) is 4.33. The van der Waals surface area contributed by atoms with Crippen LogP contribution in [0.2, 0.25) is 0 Å². The molecule has 0 unspecified atom stereocenters. The smallest absolute Gasteiger partial charge is 0.323 e. The first kappa shape index (κ1) is 27.5. The van der Waals surface area contributed by atoms with Gasteiger partial charge in [-0.25, -0.2) is 0 Å². The predicted molar refractivity (Wildman–Crippen MR) is 135 cm³/mol. The third-order valence-electron chi connectivity index (χ3n) is 5.73. The molecule has 0 spiro atoms. The molecule has 0 radical (unpaired) electrons. The number of benzene rings is 2. The molecule has 2 atom stereocenters. The zero-order valence-electron chi connectivity index (χ0n) is 20.2. The van der Waals surface area contributed by atoms with E-state index in [-0.39, 0.29) is 11.9 Å². The first-order chi connectivity index (χ1) is 16.6. The summed E-state index contributed by atoms with van der Waals surface area (Å²) in [5, 5.41) is 0. The number of rotatable bonds is 17. The van der Waals surface area contributed by atoms with E-state index >= 15 is 0 Å². The average Bonchev–Trinajstić information content (AvgIpc) is 2.85. The summed E-state index contributed by atoms with van der Waals surface area (Å²) in [6.45, 7) is 0.859. The number of ether oxygens (including phenoxy) is 2. The van der Waals surface area contributed by atoms with Gasteiger partial charge in [0.2, 0.25) is 0 Å². The van der Waals surface area contributed by atoms with E-state index in [1.54, 1.807) is 0 Å². The number of hydrogen-bond acceptors (Lipinski definition) is 6. The topological polar surface area (TPSA) is 105 Å². The Balaban J connectivity index is 1.37. The van der Waals surface area contributed by atoms with Crippen molar-refractivity contribution in [2.24, 2.45) is 11.5 Å². The Morgan fingerprint density at radius 3 is 1.24 bits per heavy atom. The van der Waals surface area contributed by atoms with Crippen LogP contribution in [0.4, 0.5) is 0 Å². The van der Waals surface area contributed by atoms with E-state index in [0.717, 1.165) is 62.5 Å². The number of nitrogens with two attached hydrogens (primary N) is 2. The van der Waals surface area contributed by atoms with E-state index in [0.29, 0.717) is 26.1 Å². The average molecular weight is 469 g/mol. The molecule has 6 nitrogen and oxygen atoms in total. The van der Waals surface area contributed by atoms with Crippen LogP contribution in [0.25, 0.3) is 0 Å².